The van der Waals surface area contributed by atoms with Gasteiger partial charge in [0, 0.05) is 23.7 Å². The van der Waals surface area contributed by atoms with Crippen molar-refractivity contribution in [2.24, 2.45) is 0 Å². The third-order valence-electron chi connectivity index (χ3n) is 4.87. The number of rotatable bonds is 6. The smallest absolute Gasteiger partial charge is 0.262 e. The van der Waals surface area contributed by atoms with Crippen LogP contribution in [0.1, 0.15) is 17.0 Å². The van der Waals surface area contributed by atoms with Gasteiger partial charge in [-0.25, -0.2) is 0 Å². The van der Waals surface area contributed by atoms with Crippen molar-refractivity contribution in [2.75, 3.05) is 5.73 Å². The molecule has 0 spiro atoms. The highest BCUT2D eigenvalue weighted by Gasteiger charge is 2.22. The lowest BCUT2D eigenvalue weighted by Gasteiger charge is -2.06. The quantitative estimate of drug-likeness (QED) is 0.341. The minimum absolute atomic E-state index is 0.812. The van der Waals surface area contributed by atoms with Crippen molar-refractivity contribution >= 4 is 33.3 Å². The molecule has 27 heavy (non-hydrogen) atoms. The molecule has 0 aliphatic heterocycles. The van der Waals surface area contributed by atoms with Gasteiger partial charge in [-0.05, 0) is 30.2 Å². The van der Waals surface area contributed by atoms with Gasteiger partial charge in [0.1, 0.15) is 4.70 Å². The number of fused-ring (bicyclic) bond motifs is 1. The summed E-state index contributed by atoms with van der Waals surface area (Å²) < 4.78 is 3.67. The summed E-state index contributed by atoms with van der Waals surface area (Å²) in [6, 6.07) is 25.2. The van der Waals surface area contributed by atoms with Crippen molar-refractivity contribution in [1.82, 2.24) is 0 Å². The molecule has 0 aliphatic rings. The Labute approximate surface area is 164 Å². The predicted molar refractivity (Wildman–Crippen MR) is 117 cm³/mol. The van der Waals surface area contributed by atoms with Crippen LogP contribution in [0.25, 0.3) is 27.4 Å². The van der Waals surface area contributed by atoms with Gasteiger partial charge in [-0.3, -0.25) is 0 Å². The number of anilines is 1. The Morgan fingerprint density at radius 3 is 2.41 bits per heavy atom. The van der Waals surface area contributed by atoms with E-state index in [1.807, 2.05) is 24.3 Å². The van der Waals surface area contributed by atoms with Crippen molar-refractivity contribution in [3.8, 4) is 11.1 Å². The predicted octanol–water partition coefficient (Wildman–Crippen LogP) is 5.71. The summed E-state index contributed by atoms with van der Waals surface area (Å²) >= 11 is 1.79. The number of para-hydroxylation sites is 2. The molecule has 0 atom stereocenters. The summed E-state index contributed by atoms with van der Waals surface area (Å²) in [7, 11) is 0. The summed E-state index contributed by atoms with van der Waals surface area (Å²) in [5.74, 6) is 0. The minimum Gasteiger partial charge on any atom is -0.398 e. The molecule has 3 aromatic carbocycles. The average molecular weight is 372 g/mol. The molecule has 0 saturated carbocycles. The summed E-state index contributed by atoms with van der Waals surface area (Å²) in [6.45, 7) is 5.00. The number of hydrogen-bond acceptors (Lipinski definition) is 2. The van der Waals surface area contributed by atoms with Crippen LogP contribution in [0.5, 0.6) is 0 Å². The molecule has 1 aromatic heterocycles. The SMILES string of the molecule is C=Cc1sc2cccc(-c3ccccc3N)c2[n+]1CCCc1ccccc1. The van der Waals surface area contributed by atoms with Crippen LogP contribution in [0.3, 0.4) is 0 Å². The molecule has 0 radical (unpaired) electrons. The van der Waals surface area contributed by atoms with Crippen LogP contribution in [0.15, 0.2) is 79.4 Å². The highest BCUT2D eigenvalue weighted by molar-refractivity contribution is 7.18. The number of nitrogens with two attached hydrogens (primary N) is 1. The second-order valence-corrected chi connectivity index (χ2v) is 7.69. The molecule has 3 heteroatoms. The fourth-order valence-corrected chi connectivity index (χ4v) is 4.65. The molecule has 0 amide bonds. The van der Waals surface area contributed by atoms with E-state index in [9.17, 15) is 0 Å². The Morgan fingerprint density at radius 2 is 1.63 bits per heavy atom. The van der Waals surface area contributed by atoms with Gasteiger partial charge in [0.15, 0.2) is 6.54 Å². The molecule has 1 heterocycles. The number of benzene rings is 3. The van der Waals surface area contributed by atoms with Gasteiger partial charge in [-0.2, -0.15) is 4.57 Å². The van der Waals surface area contributed by atoms with E-state index in [0.717, 1.165) is 30.6 Å². The van der Waals surface area contributed by atoms with Gasteiger partial charge < -0.3 is 5.73 Å². The van der Waals surface area contributed by atoms with Gasteiger partial charge in [0.05, 0.1) is 5.56 Å². The normalized spacial score (nSPS) is 11.0. The van der Waals surface area contributed by atoms with Crippen LogP contribution in [0.2, 0.25) is 0 Å². The molecule has 4 aromatic rings. The van der Waals surface area contributed by atoms with E-state index in [1.165, 1.54) is 26.4 Å². The maximum absolute atomic E-state index is 6.28. The first kappa shape index (κ1) is 17.5. The summed E-state index contributed by atoms with van der Waals surface area (Å²) in [6.07, 6.45) is 4.11. The van der Waals surface area contributed by atoms with Crippen LogP contribution < -0.4 is 10.3 Å². The first-order valence-electron chi connectivity index (χ1n) is 9.24. The van der Waals surface area contributed by atoms with E-state index in [4.69, 9.17) is 5.73 Å². The standard InChI is InChI=1S/C24H23N2S/c1-2-23-26(17-9-12-18-10-4-3-5-11-18)24-20(14-8-16-22(24)27-23)19-13-6-7-15-21(19)25/h2-8,10-11,13-16H,1,9,12,17,25H2/q+1. The van der Waals surface area contributed by atoms with Gasteiger partial charge in [0.2, 0.25) is 5.52 Å². The number of thiazole rings is 1. The van der Waals surface area contributed by atoms with E-state index in [-0.39, 0.29) is 0 Å². The molecule has 2 N–H and O–H groups in total. The van der Waals surface area contributed by atoms with E-state index in [0.29, 0.717) is 0 Å². The van der Waals surface area contributed by atoms with Crippen LogP contribution in [0.4, 0.5) is 5.69 Å². The zero-order chi connectivity index (χ0) is 18.6. The molecule has 0 fully saturated rings. The Hall–Kier alpha value is -2.91. The fourth-order valence-electron chi connectivity index (χ4n) is 3.58. The lowest BCUT2D eigenvalue weighted by Crippen LogP contribution is -2.35. The molecule has 4 rings (SSSR count). The van der Waals surface area contributed by atoms with Crippen molar-refractivity contribution < 1.29 is 4.57 Å². The Kier molecular flexibility index (Phi) is 5.03. The Balaban J connectivity index is 1.75. The first-order chi connectivity index (χ1) is 13.3. The maximum Gasteiger partial charge on any atom is 0.262 e. The molecule has 0 bridgehead atoms. The molecule has 0 saturated heterocycles. The van der Waals surface area contributed by atoms with E-state index in [1.54, 1.807) is 11.3 Å². The summed E-state index contributed by atoms with van der Waals surface area (Å²) in [5.41, 5.74) is 12.0. The van der Waals surface area contributed by atoms with Gasteiger partial charge in [-0.15, -0.1) is 0 Å². The molecular formula is C24H23N2S+. The van der Waals surface area contributed by atoms with Crippen molar-refractivity contribution in [3.05, 3.63) is 89.9 Å². The lowest BCUT2D eigenvalue weighted by molar-refractivity contribution is -0.668. The first-order valence-corrected chi connectivity index (χ1v) is 10.1. The third-order valence-corrected chi connectivity index (χ3v) is 6.01. The summed E-state index contributed by atoms with van der Waals surface area (Å²) in [5, 5.41) is 1.19. The minimum atomic E-state index is 0.812. The Bertz CT molecular complexity index is 1080. The number of hydrogen-bond donors (Lipinski definition) is 1. The number of aromatic nitrogens is 1. The second-order valence-electron chi connectivity index (χ2n) is 6.62. The maximum atomic E-state index is 6.28. The molecule has 0 aliphatic carbocycles. The van der Waals surface area contributed by atoms with E-state index in [2.05, 4.69) is 65.7 Å². The van der Waals surface area contributed by atoms with Crippen LogP contribution in [0, 0.1) is 0 Å². The van der Waals surface area contributed by atoms with Crippen LogP contribution >= 0.6 is 11.3 Å². The van der Waals surface area contributed by atoms with Gasteiger partial charge >= 0.3 is 0 Å². The largest absolute Gasteiger partial charge is 0.398 e. The van der Waals surface area contributed by atoms with Crippen molar-refractivity contribution in [3.63, 3.8) is 0 Å². The van der Waals surface area contributed by atoms with E-state index < -0.39 is 0 Å². The Morgan fingerprint density at radius 1 is 0.889 bits per heavy atom. The molecule has 2 nitrogen and oxygen atoms in total. The molecule has 134 valence electrons. The van der Waals surface area contributed by atoms with Crippen LogP contribution in [-0.2, 0) is 13.0 Å². The zero-order valence-corrected chi connectivity index (χ0v) is 16.1. The molecule has 0 unspecified atom stereocenters. The fraction of sp³-hybridized carbons (Fsp3) is 0.125. The highest BCUT2D eigenvalue weighted by Crippen LogP contribution is 2.33. The summed E-state index contributed by atoms with van der Waals surface area (Å²) in [4.78, 5) is 0. The van der Waals surface area contributed by atoms with Gasteiger partial charge in [0.25, 0.3) is 5.01 Å². The number of nitrogens with zero attached hydrogens (tertiary/aromatic N) is 1. The number of aryl methyl sites for hydroxylation is 2. The van der Waals surface area contributed by atoms with Crippen molar-refractivity contribution in [1.29, 1.82) is 0 Å². The second kappa shape index (κ2) is 7.77. The van der Waals surface area contributed by atoms with Gasteiger partial charge in [-0.1, -0.05) is 72.5 Å². The molecular weight excluding hydrogens is 348 g/mol. The lowest BCUT2D eigenvalue weighted by atomic mass is 10.0. The average Bonchev–Trinajstić information content (AvgIpc) is 3.07. The number of nitrogen functional groups attached to an aromatic ring is 1. The highest BCUT2D eigenvalue weighted by atomic mass is 32.1. The monoisotopic (exact) mass is 371 g/mol. The van der Waals surface area contributed by atoms with Crippen molar-refractivity contribution in [2.45, 2.75) is 19.4 Å². The van der Waals surface area contributed by atoms with Crippen LogP contribution in [-0.4, -0.2) is 0 Å². The topological polar surface area (TPSA) is 29.9 Å². The third kappa shape index (κ3) is 3.51. The van der Waals surface area contributed by atoms with E-state index >= 15 is 0 Å². The zero-order valence-electron chi connectivity index (χ0n) is 15.3.